The number of fused-ring (bicyclic) bond motifs is 1. The molecule has 3 aromatic carbocycles. The molecule has 0 aliphatic carbocycles. The molecule has 1 nitrogen and oxygen atoms in total. The van der Waals surface area contributed by atoms with Crippen LogP contribution in [0.4, 0.5) is 0 Å². The summed E-state index contributed by atoms with van der Waals surface area (Å²) < 4.78 is 0. The van der Waals surface area contributed by atoms with Gasteiger partial charge in [-0.3, -0.25) is 4.79 Å². The van der Waals surface area contributed by atoms with Gasteiger partial charge in [0.1, 0.15) is 0 Å². The maximum atomic E-state index is 12.5. The Kier molecular flexibility index (Phi) is 3.29. The van der Waals surface area contributed by atoms with Crippen LogP contribution in [-0.2, 0) is 0 Å². The van der Waals surface area contributed by atoms with Crippen molar-refractivity contribution in [2.75, 3.05) is 0 Å². The quantitative estimate of drug-likeness (QED) is 0.602. The number of halogens is 1. The fraction of sp³-hybridized carbons (Fsp3) is 0.0556. The first-order chi connectivity index (χ1) is 9.65. The van der Waals surface area contributed by atoms with E-state index >= 15 is 0 Å². The summed E-state index contributed by atoms with van der Waals surface area (Å²) >= 11 is 6.00. The normalized spacial score (nSPS) is 10.7. The van der Waals surface area contributed by atoms with Gasteiger partial charge in [0.15, 0.2) is 5.78 Å². The molecule has 0 bridgehead atoms. The van der Waals surface area contributed by atoms with Crippen molar-refractivity contribution in [3.05, 3.63) is 82.4 Å². The smallest absolute Gasteiger partial charge is 0.193 e. The molecule has 0 amide bonds. The van der Waals surface area contributed by atoms with Gasteiger partial charge in [-0.15, -0.1) is 0 Å². The minimum absolute atomic E-state index is 0.0236. The van der Waals surface area contributed by atoms with E-state index < -0.39 is 0 Å². The molecule has 0 fully saturated rings. The minimum Gasteiger partial charge on any atom is -0.289 e. The number of ketones is 1. The van der Waals surface area contributed by atoms with Crippen molar-refractivity contribution in [1.29, 1.82) is 0 Å². The van der Waals surface area contributed by atoms with E-state index in [4.69, 9.17) is 11.6 Å². The van der Waals surface area contributed by atoms with E-state index in [2.05, 4.69) is 0 Å². The zero-order chi connectivity index (χ0) is 14.1. The zero-order valence-electron chi connectivity index (χ0n) is 11.1. The molecule has 0 unspecified atom stereocenters. The predicted octanol–water partition coefficient (Wildman–Crippen LogP) is 5.03. The number of hydrogen-bond donors (Lipinski definition) is 0. The summed E-state index contributed by atoms with van der Waals surface area (Å²) in [7, 11) is 0. The topological polar surface area (TPSA) is 17.1 Å². The zero-order valence-corrected chi connectivity index (χ0v) is 11.8. The third-order valence-corrected chi connectivity index (χ3v) is 3.86. The van der Waals surface area contributed by atoms with Gasteiger partial charge < -0.3 is 0 Å². The van der Waals surface area contributed by atoms with Gasteiger partial charge in [-0.2, -0.15) is 0 Å². The summed E-state index contributed by atoms with van der Waals surface area (Å²) in [6, 6.07) is 19.2. The van der Waals surface area contributed by atoms with Gasteiger partial charge in [0, 0.05) is 16.1 Å². The Hall–Kier alpha value is -2.12. The fourth-order valence-electron chi connectivity index (χ4n) is 2.28. The monoisotopic (exact) mass is 280 g/mol. The summed E-state index contributed by atoms with van der Waals surface area (Å²) in [5.41, 5.74) is 2.28. The van der Waals surface area contributed by atoms with Crippen LogP contribution in [0, 0.1) is 6.92 Å². The molecular weight excluding hydrogens is 268 g/mol. The molecule has 0 saturated heterocycles. The molecule has 0 aromatic heterocycles. The number of hydrogen-bond acceptors (Lipinski definition) is 1. The van der Waals surface area contributed by atoms with E-state index in [1.165, 1.54) is 0 Å². The van der Waals surface area contributed by atoms with Crippen molar-refractivity contribution in [2.24, 2.45) is 0 Å². The van der Waals surface area contributed by atoms with Crippen molar-refractivity contribution >= 4 is 28.2 Å². The Balaban J connectivity index is 2.05. The van der Waals surface area contributed by atoms with Crippen LogP contribution in [0.25, 0.3) is 10.8 Å². The van der Waals surface area contributed by atoms with E-state index in [1.54, 1.807) is 12.1 Å². The van der Waals surface area contributed by atoms with Crippen LogP contribution in [-0.4, -0.2) is 5.78 Å². The molecule has 98 valence electrons. The van der Waals surface area contributed by atoms with Gasteiger partial charge in [0.05, 0.1) is 0 Å². The molecule has 20 heavy (non-hydrogen) atoms. The van der Waals surface area contributed by atoms with E-state index in [9.17, 15) is 4.79 Å². The standard InChI is InChI=1S/C18H13ClO/c1-12-10-15(8-9-17(12)19)18(20)16-7-6-13-4-2-3-5-14(13)11-16/h2-11H,1H3. The molecule has 3 rings (SSSR count). The Labute approximate surface area is 122 Å². The van der Waals surface area contributed by atoms with Gasteiger partial charge in [-0.1, -0.05) is 48.0 Å². The maximum absolute atomic E-state index is 12.5. The molecule has 0 aliphatic rings. The fourth-order valence-corrected chi connectivity index (χ4v) is 2.40. The second kappa shape index (κ2) is 5.10. The van der Waals surface area contributed by atoms with Crippen molar-refractivity contribution in [2.45, 2.75) is 6.92 Å². The van der Waals surface area contributed by atoms with Gasteiger partial charge in [-0.25, -0.2) is 0 Å². The van der Waals surface area contributed by atoms with E-state index in [1.807, 2.05) is 55.5 Å². The van der Waals surface area contributed by atoms with Crippen LogP contribution >= 0.6 is 11.6 Å². The Bertz CT molecular complexity index is 805. The Morgan fingerprint density at radius 3 is 2.25 bits per heavy atom. The predicted molar refractivity (Wildman–Crippen MR) is 83.6 cm³/mol. The highest BCUT2D eigenvalue weighted by Gasteiger charge is 2.10. The summed E-state index contributed by atoms with van der Waals surface area (Å²) in [5.74, 6) is 0.0236. The molecule has 0 saturated carbocycles. The summed E-state index contributed by atoms with van der Waals surface area (Å²) in [6.07, 6.45) is 0. The van der Waals surface area contributed by atoms with Crippen molar-refractivity contribution in [3.8, 4) is 0 Å². The molecule has 0 spiro atoms. The highest BCUT2D eigenvalue weighted by Crippen LogP contribution is 2.21. The van der Waals surface area contributed by atoms with Crippen LogP contribution in [0.5, 0.6) is 0 Å². The van der Waals surface area contributed by atoms with Crippen molar-refractivity contribution in [3.63, 3.8) is 0 Å². The van der Waals surface area contributed by atoms with Crippen LogP contribution in [0.3, 0.4) is 0 Å². The first-order valence-corrected chi connectivity index (χ1v) is 6.82. The van der Waals surface area contributed by atoms with Crippen molar-refractivity contribution < 1.29 is 4.79 Å². The summed E-state index contributed by atoms with van der Waals surface area (Å²) in [4.78, 5) is 12.5. The van der Waals surface area contributed by atoms with Crippen molar-refractivity contribution in [1.82, 2.24) is 0 Å². The van der Waals surface area contributed by atoms with Gasteiger partial charge in [0.25, 0.3) is 0 Å². The van der Waals surface area contributed by atoms with Crippen LogP contribution in [0.2, 0.25) is 5.02 Å². The molecule has 0 atom stereocenters. The van der Waals surface area contributed by atoms with Gasteiger partial charge in [-0.05, 0) is 47.5 Å². The SMILES string of the molecule is Cc1cc(C(=O)c2ccc3ccccc3c2)ccc1Cl. The number of aryl methyl sites for hydroxylation is 1. The third-order valence-electron chi connectivity index (χ3n) is 3.43. The number of carbonyl (C=O) groups is 1. The lowest BCUT2D eigenvalue weighted by Gasteiger charge is -2.05. The lowest BCUT2D eigenvalue weighted by Crippen LogP contribution is -2.01. The lowest BCUT2D eigenvalue weighted by atomic mass is 9.99. The largest absolute Gasteiger partial charge is 0.289 e. The minimum atomic E-state index is 0.0236. The molecule has 3 aromatic rings. The second-order valence-corrected chi connectivity index (χ2v) is 5.26. The van der Waals surface area contributed by atoms with Crippen LogP contribution in [0.1, 0.15) is 21.5 Å². The number of rotatable bonds is 2. The third kappa shape index (κ3) is 2.33. The highest BCUT2D eigenvalue weighted by molar-refractivity contribution is 6.31. The molecule has 0 N–H and O–H groups in total. The van der Waals surface area contributed by atoms with E-state index in [0.29, 0.717) is 16.1 Å². The summed E-state index contributed by atoms with van der Waals surface area (Å²) in [5, 5.41) is 2.89. The first kappa shape index (κ1) is 12.9. The molecular formula is C18H13ClO. The average molecular weight is 281 g/mol. The molecule has 2 heteroatoms. The first-order valence-electron chi connectivity index (χ1n) is 6.45. The number of benzene rings is 3. The molecule has 0 heterocycles. The average Bonchev–Trinajstić information content (AvgIpc) is 2.49. The molecule has 0 aliphatic heterocycles. The van der Waals surface area contributed by atoms with Gasteiger partial charge >= 0.3 is 0 Å². The second-order valence-electron chi connectivity index (χ2n) is 4.86. The van der Waals surface area contributed by atoms with E-state index in [-0.39, 0.29) is 5.78 Å². The Morgan fingerprint density at radius 2 is 1.50 bits per heavy atom. The number of carbonyl (C=O) groups excluding carboxylic acids is 1. The highest BCUT2D eigenvalue weighted by atomic mass is 35.5. The van der Waals surface area contributed by atoms with E-state index in [0.717, 1.165) is 16.3 Å². The lowest BCUT2D eigenvalue weighted by molar-refractivity contribution is 0.103. The van der Waals surface area contributed by atoms with Crippen LogP contribution in [0.15, 0.2) is 60.7 Å². The maximum Gasteiger partial charge on any atom is 0.193 e. The van der Waals surface area contributed by atoms with Gasteiger partial charge in [0.2, 0.25) is 0 Å². The summed E-state index contributed by atoms with van der Waals surface area (Å²) in [6.45, 7) is 1.90. The van der Waals surface area contributed by atoms with Crippen LogP contribution < -0.4 is 0 Å². The Morgan fingerprint density at radius 1 is 0.850 bits per heavy atom. The molecule has 0 radical (unpaired) electrons.